The molecule has 2 saturated heterocycles. The minimum atomic E-state index is -0.938. The van der Waals surface area contributed by atoms with E-state index in [0.717, 1.165) is 11.1 Å². The molecule has 5 rings (SSSR count). The maximum absolute atomic E-state index is 14.3. The summed E-state index contributed by atoms with van der Waals surface area (Å²) < 4.78 is 0. The summed E-state index contributed by atoms with van der Waals surface area (Å²) >= 11 is 0. The van der Waals surface area contributed by atoms with Crippen molar-refractivity contribution in [1.29, 1.82) is 0 Å². The molecule has 0 aromatic heterocycles. The minimum absolute atomic E-state index is 0.0254. The van der Waals surface area contributed by atoms with Gasteiger partial charge in [0.2, 0.25) is 11.8 Å². The number of phenolic OH excluding ortho intramolecular Hbond substituents is 1. The van der Waals surface area contributed by atoms with Gasteiger partial charge < -0.3 is 30.9 Å². The Morgan fingerprint density at radius 1 is 1.00 bits per heavy atom. The number of hydrogen-bond acceptors (Lipinski definition) is 7. The van der Waals surface area contributed by atoms with Crippen molar-refractivity contribution in [3.8, 4) is 5.75 Å². The molecule has 0 aliphatic carbocycles. The number of carbonyl (C=O) groups is 4. The molecule has 258 valence electrons. The average Bonchev–Trinajstić information content (AvgIpc) is 3.12. The third kappa shape index (κ3) is 8.30. The second-order valence-electron chi connectivity index (χ2n) is 11.9. The molecule has 2 aliphatic rings. The van der Waals surface area contributed by atoms with Gasteiger partial charge in [-0.3, -0.25) is 14.4 Å². The third-order valence-electron chi connectivity index (χ3n) is 8.45. The maximum atomic E-state index is 14.3. The molecule has 2 heterocycles. The number of fused-ring (bicyclic) bond motifs is 1. The van der Waals surface area contributed by atoms with Crippen molar-refractivity contribution in [1.82, 2.24) is 35.8 Å². The van der Waals surface area contributed by atoms with Crippen molar-refractivity contribution in [2.24, 2.45) is 0 Å². The van der Waals surface area contributed by atoms with E-state index in [4.69, 9.17) is 0 Å². The molecule has 0 bridgehead atoms. The van der Waals surface area contributed by atoms with Gasteiger partial charge in [-0.1, -0.05) is 67.3 Å². The first-order valence-electron chi connectivity index (χ1n) is 16.2. The highest BCUT2D eigenvalue weighted by molar-refractivity contribution is 5.96. The number of hydrogen-bond donors (Lipinski definition) is 4. The number of urea groups is 1. The molecule has 4 N–H and O–H groups in total. The highest BCUT2D eigenvalue weighted by Gasteiger charge is 2.51. The lowest BCUT2D eigenvalue weighted by Crippen LogP contribution is -2.76. The van der Waals surface area contributed by atoms with E-state index in [1.54, 1.807) is 65.6 Å². The number of rotatable bonds is 12. The molecule has 3 aromatic rings. The number of allylic oxidation sites excluding steroid dienone is 1. The van der Waals surface area contributed by atoms with E-state index in [0.29, 0.717) is 16.8 Å². The number of amides is 5. The van der Waals surface area contributed by atoms with Crippen LogP contribution in [0.2, 0.25) is 0 Å². The Bertz CT molecular complexity index is 1800. The third-order valence-corrected chi connectivity index (χ3v) is 8.45. The van der Waals surface area contributed by atoms with Gasteiger partial charge in [0, 0.05) is 38.7 Å². The maximum Gasteiger partial charge on any atom is 0.334 e. The van der Waals surface area contributed by atoms with Gasteiger partial charge in [0.05, 0.1) is 18.8 Å². The van der Waals surface area contributed by atoms with Crippen molar-refractivity contribution < 1.29 is 24.3 Å². The molecule has 0 unspecified atom stereocenters. The van der Waals surface area contributed by atoms with Crippen LogP contribution in [0, 0.1) is 0 Å². The van der Waals surface area contributed by atoms with Crippen LogP contribution in [-0.4, -0.2) is 87.6 Å². The molecule has 2 atom stereocenters. The summed E-state index contributed by atoms with van der Waals surface area (Å²) in [7, 11) is 1.73. The van der Waals surface area contributed by atoms with E-state index in [1.807, 2.05) is 36.4 Å². The van der Waals surface area contributed by atoms with Gasteiger partial charge in [0.15, 0.2) is 0 Å². The molecular formula is C38H41N7O5. The molecule has 2 aliphatic heterocycles. The van der Waals surface area contributed by atoms with Gasteiger partial charge in [-0.05, 0) is 53.2 Å². The predicted molar refractivity (Wildman–Crippen MR) is 189 cm³/mol. The van der Waals surface area contributed by atoms with Gasteiger partial charge in [0.25, 0.3) is 5.91 Å². The zero-order valence-corrected chi connectivity index (χ0v) is 27.9. The fourth-order valence-electron chi connectivity index (χ4n) is 6.09. The van der Waals surface area contributed by atoms with Crippen LogP contribution in [0.4, 0.5) is 4.79 Å². The lowest BCUT2D eigenvalue weighted by molar-refractivity contribution is -0.189. The number of nitrogens with zero attached hydrogens (tertiary/aromatic N) is 4. The summed E-state index contributed by atoms with van der Waals surface area (Å²) in [6.45, 7) is 7.98. The van der Waals surface area contributed by atoms with Crippen molar-refractivity contribution in [3.63, 3.8) is 0 Å². The van der Waals surface area contributed by atoms with Gasteiger partial charge in [-0.25, -0.2) is 14.8 Å². The van der Waals surface area contributed by atoms with Crippen molar-refractivity contribution in [2.75, 3.05) is 26.7 Å². The van der Waals surface area contributed by atoms with Gasteiger partial charge in [0.1, 0.15) is 18.0 Å². The van der Waals surface area contributed by atoms with E-state index in [2.05, 4.69) is 34.8 Å². The fourth-order valence-corrected chi connectivity index (χ4v) is 6.09. The Labute approximate surface area is 291 Å². The van der Waals surface area contributed by atoms with Crippen LogP contribution in [0.5, 0.6) is 5.75 Å². The molecule has 12 nitrogen and oxygen atoms in total. The molecule has 3 aromatic carbocycles. The molecule has 5 amide bonds. The quantitative estimate of drug-likeness (QED) is 0.131. The Hall–Kier alpha value is -6.10. The summed E-state index contributed by atoms with van der Waals surface area (Å²) in [5.41, 5.74) is 5.76. The molecular weight excluding hydrogens is 634 g/mol. The van der Waals surface area contributed by atoms with E-state index in [9.17, 15) is 24.3 Å². The first-order valence-corrected chi connectivity index (χ1v) is 16.2. The smallest absolute Gasteiger partial charge is 0.334 e. The molecule has 0 saturated carbocycles. The van der Waals surface area contributed by atoms with E-state index in [1.165, 1.54) is 22.0 Å². The number of carbonyl (C=O) groups excluding carboxylic acids is 4. The average molecular weight is 676 g/mol. The van der Waals surface area contributed by atoms with Gasteiger partial charge >= 0.3 is 6.03 Å². The van der Waals surface area contributed by atoms with E-state index >= 15 is 0 Å². The molecule has 0 radical (unpaired) electrons. The SMILES string of the molecule is C=C=C(/C=C\NC)NC(=O)c1cccc(CN2C[C@H]3N(C(=O)CN(CC=C)N3C(=O)NCc3ccccc3)[C@@H](Cc3ccc(O)cc3)C2=O)c1. The van der Waals surface area contributed by atoms with Crippen LogP contribution >= 0.6 is 0 Å². The first-order chi connectivity index (χ1) is 24.2. The van der Waals surface area contributed by atoms with Crippen molar-refractivity contribution in [2.45, 2.75) is 31.7 Å². The van der Waals surface area contributed by atoms with Crippen LogP contribution in [0.15, 0.2) is 122 Å². The second-order valence-corrected chi connectivity index (χ2v) is 11.9. The number of aromatic hydroxyl groups is 1. The molecule has 2 fully saturated rings. The number of nitrogens with one attached hydrogen (secondary N) is 3. The van der Waals surface area contributed by atoms with Crippen LogP contribution in [0.1, 0.15) is 27.0 Å². The summed E-state index contributed by atoms with van der Waals surface area (Å²) in [5, 5.41) is 21.6. The second kappa shape index (κ2) is 16.3. The summed E-state index contributed by atoms with van der Waals surface area (Å²) in [6.07, 6.45) is 4.22. The van der Waals surface area contributed by atoms with Crippen LogP contribution < -0.4 is 16.0 Å². The number of benzene rings is 3. The van der Waals surface area contributed by atoms with E-state index in [-0.39, 0.29) is 62.6 Å². The molecule has 12 heteroatoms. The van der Waals surface area contributed by atoms with Gasteiger partial charge in [-0.2, -0.15) is 0 Å². The summed E-state index contributed by atoms with van der Waals surface area (Å²) in [5.74, 6) is -0.887. The van der Waals surface area contributed by atoms with E-state index < -0.39 is 18.2 Å². The highest BCUT2D eigenvalue weighted by Crippen LogP contribution is 2.30. The monoisotopic (exact) mass is 675 g/mol. The molecule has 50 heavy (non-hydrogen) atoms. The minimum Gasteiger partial charge on any atom is -0.508 e. The van der Waals surface area contributed by atoms with Crippen molar-refractivity contribution in [3.05, 3.63) is 144 Å². The fraction of sp³-hybridized carbons (Fsp3) is 0.237. The van der Waals surface area contributed by atoms with Crippen LogP contribution in [-0.2, 0) is 29.1 Å². The van der Waals surface area contributed by atoms with Crippen molar-refractivity contribution >= 4 is 23.8 Å². The normalized spacial score (nSPS) is 17.6. The lowest BCUT2D eigenvalue weighted by atomic mass is 9.98. The zero-order valence-electron chi connectivity index (χ0n) is 27.9. The van der Waals surface area contributed by atoms with Crippen LogP contribution in [0.25, 0.3) is 0 Å². The standard InChI is InChI=1S/C38H41N7O5/c1-4-20-43-26-35(47)44-33(22-27-14-16-32(46)17-15-27)37(49)42(25-34(44)45(43)38(50)40-23-28-10-7-6-8-11-28)24-29-12-9-13-30(21-29)36(48)41-31(5-2)18-19-39-3/h4,6-19,21,33-34,39,46H,1-2,20,22-26H2,3H3,(H,40,50)(H,41,48)/b19-18-/t33-,34-/m0/s1. The summed E-state index contributed by atoms with van der Waals surface area (Å²) in [6, 6.07) is 21.5. The van der Waals surface area contributed by atoms with Crippen LogP contribution in [0.3, 0.4) is 0 Å². The predicted octanol–water partition coefficient (Wildman–Crippen LogP) is 3.26. The Kier molecular flexibility index (Phi) is 11.5. The van der Waals surface area contributed by atoms with Gasteiger partial charge in [-0.15, -0.1) is 12.3 Å². The highest BCUT2D eigenvalue weighted by atomic mass is 16.3. The lowest BCUT2D eigenvalue weighted by Gasteiger charge is -2.55. The Balaban J connectivity index is 1.47. The number of hydrazine groups is 1. The largest absolute Gasteiger partial charge is 0.508 e. The Morgan fingerprint density at radius 2 is 1.74 bits per heavy atom. The topological polar surface area (TPSA) is 138 Å². The Morgan fingerprint density at radius 3 is 2.44 bits per heavy atom. The zero-order chi connectivity index (χ0) is 35.6. The first kappa shape index (κ1) is 35.2. The summed E-state index contributed by atoms with van der Waals surface area (Å²) in [4.78, 5) is 58.4. The number of piperazine rings is 1. The number of phenols is 1. The molecule has 0 spiro atoms.